The zero-order valence-electron chi connectivity index (χ0n) is 21.4. The lowest BCUT2D eigenvalue weighted by Gasteiger charge is -2.31. The number of pyridine rings is 1. The lowest BCUT2D eigenvalue weighted by molar-refractivity contribution is -0.182. The van der Waals surface area contributed by atoms with Crippen LogP contribution in [0.1, 0.15) is 76.0 Å². The van der Waals surface area contributed by atoms with Gasteiger partial charge >= 0.3 is 0 Å². The summed E-state index contributed by atoms with van der Waals surface area (Å²) in [7, 11) is -1.24. The molecule has 9 heteroatoms. The third-order valence-electron chi connectivity index (χ3n) is 6.72. The summed E-state index contributed by atoms with van der Waals surface area (Å²) >= 11 is 3.51. The molecule has 2 saturated heterocycles. The maximum Gasteiger partial charge on any atom is 0.157 e. The van der Waals surface area contributed by atoms with Crippen LogP contribution in [0.3, 0.4) is 0 Å². The molecule has 2 aromatic rings. The highest BCUT2D eigenvalue weighted by atomic mass is 79.9. The van der Waals surface area contributed by atoms with Crippen molar-refractivity contribution >= 4 is 32.7 Å². The van der Waals surface area contributed by atoms with E-state index in [1.54, 1.807) is 6.20 Å². The second-order valence-corrected chi connectivity index (χ2v) is 13.3. The van der Waals surface area contributed by atoms with Gasteiger partial charge in [-0.15, -0.1) is 0 Å². The van der Waals surface area contributed by atoms with Gasteiger partial charge in [-0.1, -0.05) is 12.1 Å². The number of ether oxygens (including phenoxy) is 3. The van der Waals surface area contributed by atoms with Gasteiger partial charge in [-0.3, -0.25) is 0 Å². The van der Waals surface area contributed by atoms with Crippen molar-refractivity contribution in [1.29, 1.82) is 0 Å². The Morgan fingerprint density at radius 2 is 1.86 bits per heavy atom. The fraction of sp³-hybridized carbons (Fsp3) is 0.593. The average Bonchev–Trinajstić information content (AvgIpc) is 2.88. The molecule has 0 spiro atoms. The first-order chi connectivity index (χ1) is 17.2. The van der Waals surface area contributed by atoms with Crippen molar-refractivity contribution in [3.63, 3.8) is 0 Å². The molecule has 7 nitrogen and oxygen atoms in total. The van der Waals surface area contributed by atoms with Crippen LogP contribution in [-0.4, -0.2) is 46.7 Å². The Bertz CT molecular complexity index is 1050. The molecule has 0 bridgehead atoms. The summed E-state index contributed by atoms with van der Waals surface area (Å²) < 4.78 is 34.5. The first kappa shape index (κ1) is 27.7. The van der Waals surface area contributed by atoms with Crippen LogP contribution >= 0.6 is 15.9 Å². The van der Waals surface area contributed by atoms with Gasteiger partial charge in [-0.2, -0.15) is 0 Å². The molecule has 0 amide bonds. The topological polar surface area (TPSA) is 95.7 Å². The summed E-state index contributed by atoms with van der Waals surface area (Å²) in [6, 6.07) is 8.48. The lowest BCUT2D eigenvalue weighted by atomic mass is 9.83. The highest BCUT2D eigenvalue weighted by Gasteiger charge is 2.29. The summed E-state index contributed by atoms with van der Waals surface area (Å²) in [5, 5.41) is 0. The molecule has 0 radical (unpaired) electrons. The number of nitrogen functional groups attached to an aromatic ring is 1. The quantitative estimate of drug-likeness (QED) is 0.421. The molecule has 4 rings (SSSR count). The number of nitrogens with one attached hydrogen (secondary N) is 1. The summed E-state index contributed by atoms with van der Waals surface area (Å²) in [4.78, 5) is 4.34. The molecule has 3 N–H and O–H groups in total. The second-order valence-electron chi connectivity index (χ2n) is 10.5. The number of nitrogens with zero attached hydrogens (tertiary/aromatic N) is 1. The fourth-order valence-electron chi connectivity index (χ4n) is 4.63. The number of halogens is 1. The first-order valence-corrected chi connectivity index (χ1v) is 14.7. The van der Waals surface area contributed by atoms with Crippen LogP contribution in [0.2, 0.25) is 0 Å². The van der Waals surface area contributed by atoms with Gasteiger partial charge in [0, 0.05) is 37.4 Å². The van der Waals surface area contributed by atoms with Crippen molar-refractivity contribution in [2.75, 3.05) is 32.2 Å². The van der Waals surface area contributed by atoms with Gasteiger partial charge < -0.3 is 19.9 Å². The van der Waals surface area contributed by atoms with Gasteiger partial charge in [-0.25, -0.2) is 13.9 Å². The molecule has 198 valence electrons. The number of anilines is 1. The maximum absolute atomic E-state index is 13.3. The number of hydrogen-bond donors (Lipinski definition) is 2. The summed E-state index contributed by atoms with van der Waals surface area (Å²) in [5.74, 6) is 0.860. The lowest BCUT2D eigenvalue weighted by Crippen LogP contribution is -2.37. The smallest absolute Gasteiger partial charge is 0.157 e. The molecule has 2 fully saturated rings. The largest absolute Gasteiger partial charge is 0.383 e. The van der Waals surface area contributed by atoms with Crippen LogP contribution in [0.4, 0.5) is 5.82 Å². The highest BCUT2D eigenvalue weighted by Crippen LogP contribution is 2.38. The van der Waals surface area contributed by atoms with E-state index in [1.165, 1.54) is 11.1 Å². The monoisotopic (exact) mass is 579 g/mol. The Kier molecular flexibility index (Phi) is 9.57. The standard InChI is InChI=1S/C27H38BrN3O4S/c1-27(2,3)36(32)31-24(7-8-25-34-11-4-12-35-25)22-15-19(20-16-23(28)26(29)30-17-20)5-6-21(22)18-9-13-33-14-10-18/h5-6,15-18,24-25,31H,4,7-14H2,1-3H3,(H2,29,30)/t24-,36-/m0/s1. The molecule has 2 aliphatic rings. The Hall–Kier alpha value is -1.36. The predicted octanol–water partition coefficient (Wildman–Crippen LogP) is 5.62. The van der Waals surface area contributed by atoms with Crippen molar-refractivity contribution in [1.82, 2.24) is 9.71 Å². The molecule has 0 unspecified atom stereocenters. The first-order valence-electron chi connectivity index (χ1n) is 12.8. The van der Waals surface area contributed by atoms with Crippen LogP contribution < -0.4 is 10.5 Å². The van der Waals surface area contributed by atoms with Gasteiger partial charge in [0.05, 0.1) is 33.4 Å². The molecule has 3 heterocycles. The zero-order valence-corrected chi connectivity index (χ0v) is 23.8. The molecule has 1 aromatic carbocycles. The molecular formula is C27H38BrN3O4S. The van der Waals surface area contributed by atoms with Crippen LogP contribution in [0.5, 0.6) is 0 Å². The van der Waals surface area contributed by atoms with Gasteiger partial charge in [0.2, 0.25) is 0 Å². The average molecular weight is 581 g/mol. The van der Waals surface area contributed by atoms with Crippen molar-refractivity contribution in [2.24, 2.45) is 0 Å². The molecule has 1 aromatic heterocycles. The molecule has 36 heavy (non-hydrogen) atoms. The molecular weight excluding hydrogens is 542 g/mol. The van der Waals surface area contributed by atoms with Crippen LogP contribution in [0.25, 0.3) is 11.1 Å². The number of nitrogens with two attached hydrogens (primary N) is 1. The Morgan fingerprint density at radius 3 is 2.53 bits per heavy atom. The Balaban J connectivity index is 1.72. The third kappa shape index (κ3) is 7.14. The Labute approximate surface area is 225 Å². The molecule has 0 aliphatic carbocycles. The summed E-state index contributed by atoms with van der Waals surface area (Å²) in [5.41, 5.74) is 10.4. The summed E-state index contributed by atoms with van der Waals surface area (Å²) in [6.45, 7) is 8.94. The van der Waals surface area contributed by atoms with Crippen LogP contribution in [0.15, 0.2) is 34.9 Å². The third-order valence-corrected chi connectivity index (χ3v) is 8.97. The van der Waals surface area contributed by atoms with Crippen molar-refractivity contribution in [2.45, 2.75) is 75.9 Å². The van der Waals surface area contributed by atoms with E-state index in [0.29, 0.717) is 11.7 Å². The van der Waals surface area contributed by atoms with E-state index in [0.717, 1.165) is 74.1 Å². The van der Waals surface area contributed by atoms with E-state index in [4.69, 9.17) is 19.9 Å². The fourth-order valence-corrected chi connectivity index (χ4v) is 5.84. The van der Waals surface area contributed by atoms with Crippen LogP contribution in [-0.2, 0) is 25.2 Å². The summed E-state index contributed by atoms with van der Waals surface area (Å²) in [6.07, 6.45) is 5.93. The van der Waals surface area contributed by atoms with Crippen molar-refractivity contribution < 1.29 is 18.4 Å². The minimum Gasteiger partial charge on any atom is -0.383 e. The van der Waals surface area contributed by atoms with Crippen molar-refractivity contribution in [3.05, 3.63) is 46.1 Å². The van der Waals surface area contributed by atoms with Gasteiger partial charge in [-0.05, 0) is 97.1 Å². The predicted molar refractivity (Wildman–Crippen MR) is 148 cm³/mol. The van der Waals surface area contributed by atoms with E-state index >= 15 is 0 Å². The second kappa shape index (κ2) is 12.5. The number of benzene rings is 1. The minimum atomic E-state index is -1.24. The number of hydrogen-bond acceptors (Lipinski definition) is 6. The number of aromatic nitrogens is 1. The highest BCUT2D eigenvalue weighted by molar-refractivity contribution is 9.10. The van der Waals surface area contributed by atoms with E-state index in [-0.39, 0.29) is 12.3 Å². The Morgan fingerprint density at radius 1 is 1.14 bits per heavy atom. The maximum atomic E-state index is 13.3. The SMILES string of the molecule is CC(C)(C)[S@](=O)N[C@@H](CCC1OCCCO1)c1cc(-c2cnc(N)c(Br)c2)ccc1C1CCOCC1. The van der Waals surface area contributed by atoms with Crippen molar-refractivity contribution in [3.8, 4) is 11.1 Å². The zero-order chi connectivity index (χ0) is 25.7. The van der Waals surface area contributed by atoms with Gasteiger partial charge in [0.15, 0.2) is 6.29 Å². The number of rotatable bonds is 8. The minimum absolute atomic E-state index is 0.123. The molecule has 2 atom stereocenters. The molecule has 0 saturated carbocycles. The van der Waals surface area contributed by atoms with Gasteiger partial charge in [0.25, 0.3) is 0 Å². The van der Waals surface area contributed by atoms with E-state index in [9.17, 15) is 4.21 Å². The van der Waals surface area contributed by atoms with E-state index in [2.05, 4.69) is 43.8 Å². The van der Waals surface area contributed by atoms with E-state index in [1.807, 2.05) is 26.8 Å². The normalized spacial score (nSPS) is 19.8. The van der Waals surface area contributed by atoms with Gasteiger partial charge in [0.1, 0.15) is 5.82 Å². The van der Waals surface area contributed by atoms with E-state index < -0.39 is 15.7 Å². The molecule has 2 aliphatic heterocycles. The van der Waals surface area contributed by atoms with Crippen LogP contribution in [0, 0.1) is 0 Å².